The van der Waals surface area contributed by atoms with Crippen molar-refractivity contribution in [3.05, 3.63) is 47.6 Å². The van der Waals surface area contributed by atoms with Crippen LogP contribution in [0.15, 0.2) is 34.9 Å². The van der Waals surface area contributed by atoms with E-state index in [0.717, 1.165) is 24.2 Å². The van der Waals surface area contributed by atoms with Gasteiger partial charge in [-0.1, -0.05) is 48.3 Å². The lowest BCUT2D eigenvalue weighted by Gasteiger charge is -2.05. The Morgan fingerprint density at radius 2 is 1.89 bits per heavy atom. The van der Waals surface area contributed by atoms with E-state index in [9.17, 15) is 5.11 Å². The molecular weight excluding hydrogens is 228 g/mol. The molecular formula is C14H16N2O2. The maximum Gasteiger partial charge on any atom is 0.260 e. The Bertz CT molecular complexity index is 504. The smallest absolute Gasteiger partial charge is 0.260 e. The largest absolute Gasteiger partial charge is 0.378 e. The number of aliphatic hydroxyl groups is 1. The van der Waals surface area contributed by atoms with Gasteiger partial charge in [0, 0.05) is 5.92 Å². The molecule has 0 bridgehead atoms. The molecule has 0 amide bonds. The van der Waals surface area contributed by atoms with Crippen molar-refractivity contribution < 1.29 is 9.63 Å². The second-order valence-electron chi connectivity index (χ2n) is 4.79. The van der Waals surface area contributed by atoms with Gasteiger partial charge < -0.3 is 9.63 Å². The molecule has 1 fully saturated rings. The average molecular weight is 244 g/mol. The van der Waals surface area contributed by atoms with Gasteiger partial charge in [0.2, 0.25) is 0 Å². The van der Waals surface area contributed by atoms with E-state index in [1.807, 2.05) is 30.3 Å². The molecule has 0 saturated heterocycles. The van der Waals surface area contributed by atoms with E-state index in [1.165, 1.54) is 12.8 Å². The Kier molecular flexibility index (Phi) is 3.11. The van der Waals surface area contributed by atoms with Crippen LogP contribution >= 0.6 is 0 Å². The van der Waals surface area contributed by atoms with Gasteiger partial charge in [-0.25, -0.2) is 0 Å². The third-order valence-electron chi connectivity index (χ3n) is 3.53. The Labute approximate surface area is 106 Å². The number of hydrogen-bond donors (Lipinski definition) is 1. The van der Waals surface area contributed by atoms with Crippen LogP contribution in [-0.4, -0.2) is 15.2 Å². The lowest BCUT2D eigenvalue weighted by atomic mass is 10.1. The SMILES string of the molecule is OC(c1ccccc1)c1nc(C2CCCC2)no1. The molecule has 1 saturated carbocycles. The molecule has 1 unspecified atom stereocenters. The van der Waals surface area contributed by atoms with Gasteiger partial charge in [0.1, 0.15) is 0 Å². The summed E-state index contributed by atoms with van der Waals surface area (Å²) in [4.78, 5) is 4.34. The summed E-state index contributed by atoms with van der Waals surface area (Å²) in [6.45, 7) is 0. The Morgan fingerprint density at radius 1 is 1.17 bits per heavy atom. The normalized spacial score (nSPS) is 18.1. The van der Waals surface area contributed by atoms with Gasteiger partial charge >= 0.3 is 0 Å². The first-order valence-electron chi connectivity index (χ1n) is 6.41. The van der Waals surface area contributed by atoms with E-state index in [1.54, 1.807) is 0 Å². The second kappa shape index (κ2) is 4.90. The lowest BCUT2D eigenvalue weighted by Crippen LogP contribution is -2.01. The first kappa shape index (κ1) is 11.4. The fraction of sp³-hybridized carbons (Fsp3) is 0.429. The minimum Gasteiger partial charge on any atom is -0.378 e. The zero-order valence-corrected chi connectivity index (χ0v) is 10.1. The van der Waals surface area contributed by atoms with E-state index in [-0.39, 0.29) is 0 Å². The molecule has 18 heavy (non-hydrogen) atoms. The van der Waals surface area contributed by atoms with Crippen LogP contribution in [-0.2, 0) is 0 Å². The average Bonchev–Trinajstić information content (AvgIpc) is 3.09. The molecule has 2 aromatic rings. The Balaban J connectivity index is 1.80. The van der Waals surface area contributed by atoms with E-state index in [0.29, 0.717) is 11.8 Å². The fourth-order valence-electron chi connectivity index (χ4n) is 2.49. The van der Waals surface area contributed by atoms with Gasteiger partial charge in [0.25, 0.3) is 5.89 Å². The van der Waals surface area contributed by atoms with E-state index in [2.05, 4.69) is 10.1 Å². The highest BCUT2D eigenvalue weighted by Gasteiger charge is 2.24. The van der Waals surface area contributed by atoms with E-state index >= 15 is 0 Å². The molecule has 1 aliphatic carbocycles. The van der Waals surface area contributed by atoms with Gasteiger partial charge in [-0.2, -0.15) is 4.98 Å². The molecule has 1 atom stereocenters. The molecule has 1 aromatic carbocycles. The standard InChI is InChI=1S/C14H16N2O2/c17-12(10-6-2-1-3-7-10)14-15-13(16-18-14)11-8-4-5-9-11/h1-3,6-7,11-12,17H,4-5,8-9H2. The van der Waals surface area contributed by atoms with Crippen molar-refractivity contribution in [2.45, 2.75) is 37.7 Å². The number of benzene rings is 1. The minimum atomic E-state index is -0.825. The summed E-state index contributed by atoms with van der Waals surface area (Å²) in [5.74, 6) is 1.45. The van der Waals surface area contributed by atoms with Crippen LogP contribution < -0.4 is 0 Å². The van der Waals surface area contributed by atoms with Gasteiger partial charge in [-0.05, 0) is 18.4 Å². The summed E-state index contributed by atoms with van der Waals surface area (Å²) < 4.78 is 5.18. The number of nitrogens with zero attached hydrogens (tertiary/aromatic N) is 2. The molecule has 0 spiro atoms. The molecule has 1 heterocycles. The van der Waals surface area contributed by atoms with E-state index in [4.69, 9.17) is 4.52 Å². The molecule has 4 nitrogen and oxygen atoms in total. The maximum absolute atomic E-state index is 10.2. The molecule has 1 aromatic heterocycles. The zero-order chi connectivity index (χ0) is 12.4. The van der Waals surface area contributed by atoms with E-state index < -0.39 is 6.10 Å². The van der Waals surface area contributed by atoms with Crippen LogP contribution in [0.1, 0.15) is 55.0 Å². The van der Waals surface area contributed by atoms with Crippen LogP contribution in [0.25, 0.3) is 0 Å². The quantitative estimate of drug-likeness (QED) is 0.901. The lowest BCUT2D eigenvalue weighted by molar-refractivity contribution is 0.170. The van der Waals surface area contributed by atoms with Crippen molar-refractivity contribution in [2.24, 2.45) is 0 Å². The zero-order valence-electron chi connectivity index (χ0n) is 10.1. The topological polar surface area (TPSA) is 59.2 Å². The number of aliphatic hydroxyl groups excluding tert-OH is 1. The molecule has 0 aliphatic heterocycles. The highest BCUT2D eigenvalue weighted by molar-refractivity contribution is 5.21. The molecule has 1 aliphatic rings. The molecule has 4 heteroatoms. The first-order valence-corrected chi connectivity index (χ1v) is 6.41. The molecule has 3 rings (SSSR count). The molecule has 0 radical (unpaired) electrons. The van der Waals surface area contributed by atoms with Crippen molar-refractivity contribution >= 4 is 0 Å². The number of aromatic nitrogens is 2. The van der Waals surface area contributed by atoms with Crippen molar-refractivity contribution in [1.29, 1.82) is 0 Å². The summed E-state index contributed by atoms with van der Waals surface area (Å²) in [6.07, 6.45) is 3.89. The predicted molar refractivity (Wildman–Crippen MR) is 66.0 cm³/mol. The highest BCUT2D eigenvalue weighted by Crippen LogP contribution is 2.33. The maximum atomic E-state index is 10.2. The van der Waals surface area contributed by atoms with Crippen LogP contribution in [0.2, 0.25) is 0 Å². The molecule has 94 valence electrons. The summed E-state index contributed by atoms with van der Waals surface area (Å²) in [7, 11) is 0. The van der Waals surface area contributed by atoms with Crippen LogP contribution in [0.4, 0.5) is 0 Å². The summed E-state index contributed by atoms with van der Waals surface area (Å²) in [6, 6.07) is 9.38. The summed E-state index contributed by atoms with van der Waals surface area (Å²) in [5, 5.41) is 14.2. The predicted octanol–water partition coefficient (Wildman–Crippen LogP) is 2.81. The van der Waals surface area contributed by atoms with Gasteiger partial charge in [-0.15, -0.1) is 0 Å². The van der Waals surface area contributed by atoms with Crippen molar-refractivity contribution in [2.75, 3.05) is 0 Å². The molecule has 1 N–H and O–H groups in total. The van der Waals surface area contributed by atoms with Gasteiger partial charge in [-0.3, -0.25) is 0 Å². The fourth-order valence-corrected chi connectivity index (χ4v) is 2.49. The van der Waals surface area contributed by atoms with Gasteiger partial charge in [0.15, 0.2) is 11.9 Å². The Morgan fingerprint density at radius 3 is 2.61 bits per heavy atom. The summed E-state index contributed by atoms with van der Waals surface area (Å²) in [5.41, 5.74) is 0.777. The third-order valence-corrected chi connectivity index (χ3v) is 3.53. The minimum absolute atomic E-state index is 0.295. The summed E-state index contributed by atoms with van der Waals surface area (Å²) >= 11 is 0. The van der Waals surface area contributed by atoms with Crippen molar-refractivity contribution in [1.82, 2.24) is 10.1 Å². The van der Waals surface area contributed by atoms with Crippen LogP contribution in [0, 0.1) is 0 Å². The second-order valence-corrected chi connectivity index (χ2v) is 4.79. The highest BCUT2D eigenvalue weighted by atomic mass is 16.5. The van der Waals surface area contributed by atoms with Crippen LogP contribution in [0.3, 0.4) is 0 Å². The van der Waals surface area contributed by atoms with Crippen molar-refractivity contribution in [3.63, 3.8) is 0 Å². The third kappa shape index (κ3) is 2.16. The van der Waals surface area contributed by atoms with Crippen molar-refractivity contribution in [3.8, 4) is 0 Å². The monoisotopic (exact) mass is 244 g/mol. The number of rotatable bonds is 3. The first-order chi connectivity index (χ1) is 8.84. The number of hydrogen-bond acceptors (Lipinski definition) is 4. The van der Waals surface area contributed by atoms with Gasteiger partial charge in [0.05, 0.1) is 0 Å². The van der Waals surface area contributed by atoms with Crippen LogP contribution in [0.5, 0.6) is 0 Å². The Hall–Kier alpha value is -1.68.